The maximum atomic E-state index is 5.29. The summed E-state index contributed by atoms with van der Waals surface area (Å²) in [4.78, 5) is 11.5. The van der Waals surface area contributed by atoms with Gasteiger partial charge < -0.3 is 18.8 Å². The first kappa shape index (κ1) is 11.8. The van der Waals surface area contributed by atoms with Crippen LogP contribution in [0.4, 0.5) is 0 Å². The smallest absolute Gasteiger partial charge is 0.215 e. The number of aryl methyl sites for hydroxylation is 2. The summed E-state index contributed by atoms with van der Waals surface area (Å²) in [6, 6.07) is 3.68. The molecule has 0 aliphatic rings. The van der Waals surface area contributed by atoms with Crippen LogP contribution < -0.4 is 4.74 Å². The third kappa shape index (κ3) is 2.22. The zero-order chi connectivity index (χ0) is 13.2. The molecule has 0 aliphatic carbocycles. The van der Waals surface area contributed by atoms with Gasteiger partial charge in [0.25, 0.3) is 0 Å². The van der Waals surface area contributed by atoms with Crippen molar-refractivity contribution in [2.75, 3.05) is 7.11 Å². The number of hydrogen-bond donors (Lipinski definition) is 1. The summed E-state index contributed by atoms with van der Waals surface area (Å²) in [6.07, 6.45) is 1.93. The van der Waals surface area contributed by atoms with Crippen LogP contribution in [0.3, 0.4) is 0 Å². The molecule has 0 aliphatic heterocycles. The molecule has 0 bridgehead atoms. The molecule has 0 atom stereocenters. The number of nitrogens with zero attached hydrogens (tertiary/aromatic N) is 4. The van der Waals surface area contributed by atoms with E-state index >= 15 is 0 Å². The zero-order valence-electron chi connectivity index (χ0n) is 10.2. The van der Waals surface area contributed by atoms with Crippen LogP contribution in [0.2, 0.25) is 0 Å². The van der Waals surface area contributed by atoms with Gasteiger partial charge in [0.15, 0.2) is 16.2 Å². The summed E-state index contributed by atoms with van der Waals surface area (Å²) in [5.74, 6) is 1.19. The highest BCUT2D eigenvalue weighted by atomic mass is 32.1. The maximum Gasteiger partial charge on any atom is 0.215 e. The summed E-state index contributed by atoms with van der Waals surface area (Å²) in [5, 5.41) is 3.77. The predicted octanol–water partition coefficient (Wildman–Crippen LogP) is 1.73. The van der Waals surface area contributed by atoms with Gasteiger partial charge in [-0.05, 0) is 18.3 Å². The molecular formula is C11H11N5O2S. The molecule has 3 aromatic heterocycles. The van der Waals surface area contributed by atoms with Crippen molar-refractivity contribution in [3.8, 4) is 5.88 Å². The predicted molar refractivity (Wildman–Crippen MR) is 69.5 cm³/mol. The molecular weight excluding hydrogens is 266 g/mol. The molecule has 8 heteroatoms. The Morgan fingerprint density at radius 3 is 3.11 bits per heavy atom. The van der Waals surface area contributed by atoms with Gasteiger partial charge in [0.2, 0.25) is 12.3 Å². The highest BCUT2D eigenvalue weighted by Gasteiger charge is 2.08. The Morgan fingerprint density at radius 1 is 1.47 bits per heavy atom. The zero-order valence-corrected chi connectivity index (χ0v) is 11.0. The number of H-pyrrole nitrogens is 1. The van der Waals surface area contributed by atoms with Crippen LogP contribution >= 0.6 is 12.2 Å². The standard InChI is InChI=1S/C11H11N5O2S/c1-17-9-3-2-7-10(14-9)16(11(19)13-7)5-4-8-12-6-18-15-8/h2-3,6H,4-5H2,1H3,(H,13,19). The fourth-order valence-electron chi connectivity index (χ4n) is 1.85. The van der Waals surface area contributed by atoms with E-state index in [2.05, 4.69) is 20.1 Å². The maximum absolute atomic E-state index is 5.29. The van der Waals surface area contributed by atoms with Gasteiger partial charge in [0.05, 0.1) is 12.6 Å². The van der Waals surface area contributed by atoms with Crippen LogP contribution in [0.1, 0.15) is 5.82 Å². The van der Waals surface area contributed by atoms with Gasteiger partial charge in [-0.1, -0.05) is 5.16 Å². The number of fused-ring (bicyclic) bond motifs is 1. The molecule has 3 rings (SSSR count). The number of methoxy groups -OCH3 is 1. The lowest BCUT2D eigenvalue weighted by Gasteiger charge is -2.03. The van der Waals surface area contributed by atoms with E-state index in [1.54, 1.807) is 13.2 Å². The number of aromatic nitrogens is 5. The average Bonchev–Trinajstić information content (AvgIpc) is 3.03. The lowest BCUT2D eigenvalue weighted by molar-refractivity contribution is 0.398. The van der Waals surface area contributed by atoms with Gasteiger partial charge in [-0.25, -0.2) is 0 Å². The number of ether oxygens (including phenoxy) is 1. The third-order valence-electron chi connectivity index (χ3n) is 2.77. The van der Waals surface area contributed by atoms with E-state index < -0.39 is 0 Å². The number of rotatable bonds is 4. The highest BCUT2D eigenvalue weighted by Crippen LogP contribution is 2.16. The van der Waals surface area contributed by atoms with E-state index in [9.17, 15) is 0 Å². The Morgan fingerprint density at radius 2 is 2.37 bits per heavy atom. The van der Waals surface area contributed by atoms with Crippen LogP contribution in [0.15, 0.2) is 23.0 Å². The molecule has 0 amide bonds. The molecule has 0 aromatic carbocycles. The summed E-state index contributed by atoms with van der Waals surface area (Å²) in [7, 11) is 1.58. The van der Waals surface area contributed by atoms with Crippen molar-refractivity contribution in [1.82, 2.24) is 24.7 Å². The van der Waals surface area contributed by atoms with Gasteiger partial charge >= 0.3 is 0 Å². The highest BCUT2D eigenvalue weighted by molar-refractivity contribution is 7.71. The van der Waals surface area contributed by atoms with Crippen molar-refractivity contribution in [3.05, 3.63) is 29.1 Å². The second-order valence-corrected chi connectivity index (χ2v) is 4.29. The van der Waals surface area contributed by atoms with E-state index in [4.69, 9.17) is 21.5 Å². The fraction of sp³-hybridized carbons (Fsp3) is 0.273. The number of nitrogens with one attached hydrogen (secondary N) is 1. The number of hydrogen-bond acceptors (Lipinski definition) is 6. The first-order chi connectivity index (χ1) is 9.28. The minimum atomic E-state index is 0.551. The quantitative estimate of drug-likeness (QED) is 0.731. The molecule has 0 unspecified atom stereocenters. The average molecular weight is 277 g/mol. The first-order valence-electron chi connectivity index (χ1n) is 5.67. The Labute approximate surface area is 113 Å². The molecule has 3 heterocycles. The van der Waals surface area contributed by atoms with Gasteiger partial charge in [0.1, 0.15) is 0 Å². The molecule has 7 nitrogen and oxygen atoms in total. The monoisotopic (exact) mass is 277 g/mol. The minimum Gasteiger partial charge on any atom is -0.481 e. The fourth-order valence-corrected chi connectivity index (χ4v) is 2.14. The molecule has 0 radical (unpaired) electrons. The van der Waals surface area contributed by atoms with E-state index in [1.165, 1.54) is 6.39 Å². The molecule has 19 heavy (non-hydrogen) atoms. The second-order valence-electron chi connectivity index (χ2n) is 3.90. The van der Waals surface area contributed by atoms with Crippen molar-refractivity contribution >= 4 is 23.4 Å². The van der Waals surface area contributed by atoms with Gasteiger partial charge in [-0.2, -0.15) is 9.97 Å². The minimum absolute atomic E-state index is 0.551. The van der Waals surface area contributed by atoms with Crippen LogP contribution in [-0.2, 0) is 13.0 Å². The lowest BCUT2D eigenvalue weighted by atomic mass is 10.4. The molecule has 3 aromatic rings. The SMILES string of the molecule is COc1ccc2[nH]c(=S)n(CCc3ncon3)c2n1. The van der Waals surface area contributed by atoms with Crippen molar-refractivity contribution < 1.29 is 9.26 Å². The van der Waals surface area contributed by atoms with E-state index in [0.717, 1.165) is 11.2 Å². The van der Waals surface area contributed by atoms with Crippen molar-refractivity contribution in [1.29, 1.82) is 0 Å². The number of imidazole rings is 1. The first-order valence-corrected chi connectivity index (χ1v) is 6.07. The third-order valence-corrected chi connectivity index (χ3v) is 3.09. The molecule has 0 saturated heterocycles. The van der Waals surface area contributed by atoms with Crippen LogP contribution in [-0.4, -0.2) is 31.8 Å². The number of pyridine rings is 1. The van der Waals surface area contributed by atoms with Crippen LogP contribution in [0, 0.1) is 4.77 Å². The van der Waals surface area contributed by atoms with Gasteiger partial charge in [-0.15, -0.1) is 0 Å². The second kappa shape index (κ2) is 4.81. The summed E-state index contributed by atoms with van der Waals surface area (Å²) < 4.78 is 12.3. The topological polar surface area (TPSA) is 81.8 Å². The number of aromatic amines is 1. The molecule has 0 spiro atoms. The summed E-state index contributed by atoms with van der Waals surface area (Å²) in [5.41, 5.74) is 1.63. The Kier molecular flexibility index (Phi) is 3.00. The van der Waals surface area contributed by atoms with E-state index in [1.807, 2.05) is 10.6 Å². The summed E-state index contributed by atoms with van der Waals surface area (Å²) in [6.45, 7) is 0.624. The van der Waals surface area contributed by atoms with Crippen molar-refractivity contribution in [2.24, 2.45) is 0 Å². The van der Waals surface area contributed by atoms with Crippen molar-refractivity contribution in [3.63, 3.8) is 0 Å². The van der Waals surface area contributed by atoms with Crippen LogP contribution in [0.25, 0.3) is 11.2 Å². The van der Waals surface area contributed by atoms with E-state index in [0.29, 0.717) is 29.4 Å². The normalized spacial score (nSPS) is 11.0. The molecule has 0 saturated carbocycles. The molecule has 98 valence electrons. The summed E-state index contributed by atoms with van der Waals surface area (Å²) >= 11 is 5.29. The Hall–Kier alpha value is -2.22. The molecule has 1 N–H and O–H groups in total. The van der Waals surface area contributed by atoms with E-state index in [-0.39, 0.29) is 0 Å². The Balaban J connectivity index is 1.97. The van der Waals surface area contributed by atoms with Gasteiger partial charge in [-0.3, -0.25) is 0 Å². The van der Waals surface area contributed by atoms with Gasteiger partial charge in [0, 0.05) is 19.0 Å². The largest absolute Gasteiger partial charge is 0.481 e. The molecule has 0 fully saturated rings. The lowest BCUT2D eigenvalue weighted by Crippen LogP contribution is -2.03. The van der Waals surface area contributed by atoms with Crippen LogP contribution in [0.5, 0.6) is 5.88 Å². The van der Waals surface area contributed by atoms with Crippen molar-refractivity contribution in [2.45, 2.75) is 13.0 Å². The Bertz CT molecular complexity index is 746.